The van der Waals surface area contributed by atoms with E-state index in [-0.39, 0.29) is 0 Å². The van der Waals surface area contributed by atoms with E-state index in [4.69, 9.17) is 0 Å². The van der Waals surface area contributed by atoms with E-state index in [1.165, 1.54) is 19.3 Å². The van der Waals surface area contributed by atoms with Gasteiger partial charge in [-0.15, -0.1) is 0 Å². The highest BCUT2D eigenvalue weighted by Crippen LogP contribution is 2.13. The van der Waals surface area contributed by atoms with E-state index >= 15 is 0 Å². The Balaban J connectivity index is 2.51. The van der Waals surface area contributed by atoms with Gasteiger partial charge in [0.15, 0.2) is 0 Å². The zero-order valence-corrected chi connectivity index (χ0v) is 10.4. The predicted octanol–water partition coefficient (Wildman–Crippen LogP) is 2.97. The molecule has 1 atom stereocenters. The molecule has 0 aliphatic heterocycles. The van der Waals surface area contributed by atoms with Gasteiger partial charge < -0.3 is 5.32 Å². The summed E-state index contributed by atoms with van der Waals surface area (Å²) in [6.45, 7) is 6.59. The largest absolute Gasteiger partial charge is 0.368 e. The van der Waals surface area contributed by atoms with Crippen LogP contribution in [-0.2, 0) is 13.5 Å². The van der Waals surface area contributed by atoms with Gasteiger partial charge >= 0.3 is 0 Å². The van der Waals surface area contributed by atoms with Crippen LogP contribution in [0.2, 0.25) is 0 Å². The second-order valence-electron chi connectivity index (χ2n) is 4.19. The molecule has 1 rings (SSSR count). The number of unbranched alkanes of at least 4 members (excludes halogenated alkanes) is 1. The Morgan fingerprint density at radius 1 is 1.47 bits per heavy atom. The Morgan fingerprint density at radius 3 is 2.73 bits per heavy atom. The van der Waals surface area contributed by atoms with Crippen LogP contribution in [0, 0.1) is 0 Å². The van der Waals surface area contributed by atoms with Crippen LogP contribution in [0.1, 0.15) is 45.7 Å². The van der Waals surface area contributed by atoms with Gasteiger partial charge in [-0.1, -0.05) is 26.7 Å². The Kier molecular flexibility index (Phi) is 4.66. The first kappa shape index (κ1) is 12.1. The highest BCUT2D eigenvalue weighted by atomic mass is 15.3. The van der Waals surface area contributed by atoms with Crippen LogP contribution in [0.4, 0.5) is 5.82 Å². The summed E-state index contributed by atoms with van der Waals surface area (Å²) in [6.07, 6.45) is 4.77. The van der Waals surface area contributed by atoms with Crippen molar-refractivity contribution in [1.29, 1.82) is 0 Å². The van der Waals surface area contributed by atoms with Crippen molar-refractivity contribution in [2.45, 2.75) is 52.5 Å². The van der Waals surface area contributed by atoms with Crippen LogP contribution in [-0.4, -0.2) is 15.8 Å². The molecule has 0 radical (unpaired) electrons. The van der Waals surface area contributed by atoms with Crippen LogP contribution >= 0.6 is 0 Å². The lowest BCUT2D eigenvalue weighted by atomic mass is 10.1. The van der Waals surface area contributed by atoms with E-state index in [0.29, 0.717) is 6.04 Å². The molecule has 0 aliphatic carbocycles. The van der Waals surface area contributed by atoms with Crippen LogP contribution < -0.4 is 5.32 Å². The van der Waals surface area contributed by atoms with Gasteiger partial charge in [-0.05, 0) is 19.8 Å². The normalized spacial score (nSPS) is 12.8. The molecule has 1 aromatic rings. The van der Waals surface area contributed by atoms with Gasteiger partial charge in [0, 0.05) is 19.2 Å². The van der Waals surface area contributed by atoms with Crippen molar-refractivity contribution in [3.8, 4) is 0 Å². The van der Waals surface area contributed by atoms with E-state index in [1.807, 2.05) is 11.7 Å². The summed E-state index contributed by atoms with van der Waals surface area (Å²) in [5.74, 6) is 1.13. The Hall–Kier alpha value is -0.990. The molecule has 1 heterocycles. The average Bonchev–Trinajstić information content (AvgIpc) is 2.57. The summed E-state index contributed by atoms with van der Waals surface area (Å²) < 4.78 is 1.93. The first-order valence-electron chi connectivity index (χ1n) is 5.96. The van der Waals surface area contributed by atoms with Gasteiger partial charge in [0.1, 0.15) is 5.82 Å². The molecule has 0 bridgehead atoms. The van der Waals surface area contributed by atoms with Crippen molar-refractivity contribution >= 4 is 5.82 Å². The van der Waals surface area contributed by atoms with Crippen molar-refractivity contribution in [2.24, 2.45) is 7.05 Å². The maximum atomic E-state index is 4.42. The molecule has 86 valence electrons. The molecule has 0 aliphatic rings. The number of aromatic nitrogens is 2. The maximum absolute atomic E-state index is 4.42. The second kappa shape index (κ2) is 5.79. The van der Waals surface area contributed by atoms with Crippen molar-refractivity contribution in [1.82, 2.24) is 9.78 Å². The number of nitrogens with one attached hydrogen (secondary N) is 1. The fourth-order valence-electron chi connectivity index (χ4n) is 1.67. The molecule has 3 heteroatoms. The summed E-state index contributed by atoms with van der Waals surface area (Å²) in [5.41, 5.74) is 1.16. The lowest BCUT2D eigenvalue weighted by Gasteiger charge is -2.14. The smallest absolute Gasteiger partial charge is 0.124 e. The minimum Gasteiger partial charge on any atom is -0.368 e. The molecule has 0 aromatic carbocycles. The van der Waals surface area contributed by atoms with E-state index in [2.05, 4.69) is 37.3 Å². The molecule has 1 unspecified atom stereocenters. The fraction of sp³-hybridized carbons (Fsp3) is 0.750. The second-order valence-corrected chi connectivity index (χ2v) is 4.19. The van der Waals surface area contributed by atoms with E-state index in [9.17, 15) is 0 Å². The lowest BCUT2D eigenvalue weighted by Crippen LogP contribution is -2.16. The zero-order valence-electron chi connectivity index (χ0n) is 10.4. The van der Waals surface area contributed by atoms with Crippen molar-refractivity contribution in [2.75, 3.05) is 5.32 Å². The Labute approximate surface area is 92.9 Å². The highest BCUT2D eigenvalue weighted by Gasteiger charge is 2.06. The molecule has 0 saturated heterocycles. The third-order valence-electron chi connectivity index (χ3n) is 2.68. The third kappa shape index (κ3) is 3.57. The van der Waals surface area contributed by atoms with Crippen molar-refractivity contribution < 1.29 is 0 Å². The molecule has 1 N–H and O–H groups in total. The van der Waals surface area contributed by atoms with Crippen LogP contribution in [0.25, 0.3) is 0 Å². The minimum atomic E-state index is 0.532. The Morgan fingerprint density at radius 2 is 2.20 bits per heavy atom. The quantitative estimate of drug-likeness (QED) is 0.780. The van der Waals surface area contributed by atoms with E-state index < -0.39 is 0 Å². The minimum absolute atomic E-state index is 0.532. The molecule has 15 heavy (non-hydrogen) atoms. The van der Waals surface area contributed by atoms with Gasteiger partial charge in [0.25, 0.3) is 0 Å². The summed E-state index contributed by atoms with van der Waals surface area (Å²) in [5, 5.41) is 7.92. The molecule has 1 aromatic heterocycles. The number of hydrogen-bond donors (Lipinski definition) is 1. The van der Waals surface area contributed by atoms with E-state index in [0.717, 1.165) is 17.9 Å². The monoisotopic (exact) mass is 209 g/mol. The van der Waals surface area contributed by atoms with Gasteiger partial charge in [-0.2, -0.15) is 5.10 Å². The molecule has 0 amide bonds. The SMILES string of the molecule is CCCCC(C)Nc1cc(CC)nn1C. The van der Waals surface area contributed by atoms with Crippen LogP contribution in [0.3, 0.4) is 0 Å². The maximum Gasteiger partial charge on any atom is 0.124 e. The van der Waals surface area contributed by atoms with Crippen LogP contribution in [0.15, 0.2) is 6.07 Å². The third-order valence-corrected chi connectivity index (χ3v) is 2.68. The fourth-order valence-corrected chi connectivity index (χ4v) is 1.67. The summed E-state index contributed by atoms with van der Waals surface area (Å²) in [6, 6.07) is 2.67. The average molecular weight is 209 g/mol. The first-order valence-corrected chi connectivity index (χ1v) is 5.96. The van der Waals surface area contributed by atoms with Crippen LogP contribution in [0.5, 0.6) is 0 Å². The zero-order chi connectivity index (χ0) is 11.3. The standard InChI is InChI=1S/C12H23N3/c1-5-7-8-10(3)13-12-9-11(6-2)14-15(12)4/h9-10,13H,5-8H2,1-4H3. The topological polar surface area (TPSA) is 29.9 Å². The first-order chi connectivity index (χ1) is 7.17. The molecular weight excluding hydrogens is 186 g/mol. The summed E-state index contributed by atoms with van der Waals surface area (Å²) in [4.78, 5) is 0. The van der Waals surface area contributed by atoms with Gasteiger partial charge in [-0.3, -0.25) is 4.68 Å². The number of nitrogens with zero attached hydrogens (tertiary/aromatic N) is 2. The van der Waals surface area contributed by atoms with Gasteiger partial charge in [-0.25, -0.2) is 0 Å². The lowest BCUT2D eigenvalue weighted by molar-refractivity contribution is 0.634. The number of aryl methyl sites for hydroxylation is 2. The highest BCUT2D eigenvalue weighted by molar-refractivity contribution is 5.37. The Bertz CT molecular complexity index is 291. The van der Waals surface area contributed by atoms with Crippen molar-refractivity contribution in [3.63, 3.8) is 0 Å². The number of hydrogen-bond acceptors (Lipinski definition) is 2. The number of anilines is 1. The summed E-state index contributed by atoms with van der Waals surface area (Å²) >= 11 is 0. The molecule has 0 saturated carbocycles. The van der Waals surface area contributed by atoms with Crippen molar-refractivity contribution in [3.05, 3.63) is 11.8 Å². The molecule has 3 nitrogen and oxygen atoms in total. The van der Waals surface area contributed by atoms with Gasteiger partial charge in [0.2, 0.25) is 0 Å². The number of rotatable bonds is 6. The predicted molar refractivity (Wildman–Crippen MR) is 65.2 cm³/mol. The van der Waals surface area contributed by atoms with Gasteiger partial charge in [0.05, 0.1) is 5.69 Å². The van der Waals surface area contributed by atoms with E-state index in [1.54, 1.807) is 0 Å². The summed E-state index contributed by atoms with van der Waals surface area (Å²) in [7, 11) is 1.99. The molecular formula is C12H23N3. The molecule has 0 fully saturated rings. The molecule has 0 spiro atoms.